The maximum Gasteiger partial charge on any atom is 0.227 e. The normalized spacial score (nSPS) is 19.2. The summed E-state index contributed by atoms with van der Waals surface area (Å²) < 4.78 is 13.0. The minimum atomic E-state index is -0.358. The number of benzene rings is 1. The third-order valence-electron chi connectivity index (χ3n) is 3.42. The molecule has 1 atom stereocenters. The number of rotatable bonds is 3. The van der Waals surface area contributed by atoms with E-state index in [1.165, 1.54) is 12.1 Å². The third kappa shape index (κ3) is 3.53. The summed E-state index contributed by atoms with van der Waals surface area (Å²) in [5.41, 5.74) is 5.92. The molecule has 0 bridgehead atoms. The minimum Gasteiger partial charge on any atom is -0.369 e. The Labute approximate surface area is 111 Å². The fraction of sp³-hybridized carbons (Fsp3) is 0.429. The first-order valence-electron chi connectivity index (χ1n) is 6.38. The van der Waals surface area contributed by atoms with Crippen molar-refractivity contribution in [3.63, 3.8) is 0 Å². The lowest BCUT2D eigenvalue weighted by atomic mass is 9.97. The van der Waals surface area contributed by atoms with Crippen molar-refractivity contribution in [1.29, 1.82) is 0 Å². The van der Waals surface area contributed by atoms with Gasteiger partial charge in [0.1, 0.15) is 5.82 Å². The van der Waals surface area contributed by atoms with Gasteiger partial charge in [-0.3, -0.25) is 9.59 Å². The Balaban J connectivity index is 1.98. The number of nitrogens with two attached hydrogens (primary N) is 1. The van der Waals surface area contributed by atoms with E-state index in [1.54, 1.807) is 17.0 Å². The maximum absolute atomic E-state index is 13.0. The van der Waals surface area contributed by atoms with Crippen molar-refractivity contribution in [3.8, 4) is 0 Å². The number of hydrogen-bond donors (Lipinski definition) is 1. The SMILES string of the molecule is NC(=O)C1CCCN(C(=O)Cc2cccc(F)c2)C1. The van der Waals surface area contributed by atoms with E-state index in [-0.39, 0.29) is 30.0 Å². The molecule has 2 N–H and O–H groups in total. The molecule has 1 aliphatic rings. The highest BCUT2D eigenvalue weighted by Crippen LogP contribution is 2.17. The van der Waals surface area contributed by atoms with Crippen LogP contribution in [-0.2, 0) is 16.0 Å². The Morgan fingerprint density at radius 2 is 2.21 bits per heavy atom. The molecule has 5 heteroatoms. The molecule has 4 nitrogen and oxygen atoms in total. The van der Waals surface area contributed by atoms with Gasteiger partial charge in [-0.1, -0.05) is 12.1 Å². The van der Waals surface area contributed by atoms with Crippen LogP contribution in [0.4, 0.5) is 4.39 Å². The Bertz CT molecular complexity index is 490. The van der Waals surface area contributed by atoms with Crippen LogP contribution in [0.5, 0.6) is 0 Å². The van der Waals surface area contributed by atoms with Gasteiger partial charge < -0.3 is 10.6 Å². The molecule has 2 rings (SSSR count). The lowest BCUT2D eigenvalue weighted by Gasteiger charge is -2.31. The molecule has 2 amide bonds. The summed E-state index contributed by atoms with van der Waals surface area (Å²) in [4.78, 5) is 24.9. The van der Waals surface area contributed by atoms with Crippen LogP contribution < -0.4 is 5.73 Å². The molecule has 1 aliphatic heterocycles. The summed E-state index contributed by atoms with van der Waals surface area (Å²) in [6, 6.07) is 6.00. The molecule has 0 aromatic heterocycles. The fourth-order valence-corrected chi connectivity index (χ4v) is 2.37. The molecule has 1 aromatic carbocycles. The van der Waals surface area contributed by atoms with Gasteiger partial charge in [0.2, 0.25) is 11.8 Å². The standard InChI is InChI=1S/C14H17FN2O2/c15-12-5-1-3-10(7-12)8-13(18)17-6-2-4-11(9-17)14(16)19/h1,3,5,7,11H,2,4,6,8-9H2,(H2,16,19). The molecule has 102 valence electrons. The molecule has 0 aliphatic carbocycles. The number of amides is 2. The Kier molecular flexibility index (Phi) is 4.14. The van der Waals surface area contributed by atoms with E-state index < -0.39 is 0 Å². The lowest BCUT2D eigenvalue weighted by Crippen LogP contribution is -2.44. The number of hydrogen-bond acceptors (Lipinski definition) is 2. The second-order valence-corrected chi connectivity index (χ2v) is 4.89. The fourth-order valence-electron chi connectivity index (χ4n) is 2.37. The highest BCUT2D eigenvalue weighted by molar-refractivity contribution is 5.81. The molecule has 1 heterocycles. The molecule has 1 aromatic rings. The highest BCUT2D eigenvalue weighted by atomic mass is 19.1. The van der Waals surface area contributed by atoms with Crippen LogP contribution >= 0.6 is 0 Å². The van der Waals surface area contributed by atoms with Gasteiger partial charge in [-0.15, -0.1) is 0 Å². The molecule has 0 radical (unpaired) electrons. The topological polar surface area (TPSA) is 63.4 Å². The molecule has 0 spiro atoms. The van der Waals surface area contributed by atoms with E-state index in [1.807, 2.05) is 0 Å². The zero-order valence-corrected chi connectivity index (χ0v) is 10.6. The average Bonchev–Trinajstić information content (AvgIpc) is 2.39. The summed E-state index contributed by atoms with van der Waals surface area (Å²) in [6.45, 7) is 1.02. The number of halogens is 1. The van der Waals surface area contributed by atoms with Crippen LogP contribution in [0, 0.1) is 11.7 Å². The van der Waals surface area contributed by atoms with E-state index in [4.69, 9.17) is 5.73 Å². The van der Waals surface area contributed by atoms with Gasteiger partial charge in [0.25, 0.3) is 0 Å². The van der Waals surface area contributed by atoms with Crippen molar-refractivity contribution in [2.24, 2.45) is 11.7 Å². The molecule has 19 heavy (non-hydrogen) atoms. The van der Waals surface area contributed by atoms with Crippen LogP contribution in [0.2, 0.25) is 0 Å². The predicted molar refractivity (Wildman–Crippen MR) is 68.6 cm³/mol. The molecular weight excluding hydrogens is 247 g/mol. The third-order valence-corrected chi connectivity index (χ3v) is 3.42. The van der Waals surface area contributed by atoms with Gasteiger partial charge in [0.05, 0.1) is 12.3 Å². The van der Waals surface area contributed by atoms with Crippen LogP contribution in [0.3, 0.4) is 0 Å². The zero-order valence-electron chi connectivity index (χ0n) is 10.6. The van der Waals surface area contributed by atoms with E-state index in [2.05, 4.69) is 0 Å². The lowest BCUT2D eigenvalue weighted by molar-refractivity contribution is -0.134. The van der Waals surface area contributed by atoms with Gasteiger partial charge >= 0.3 is 0 Å². The van der Waals surface area contributed by atoms with Crippen LogP contribution in [0.25, 0.3) is 0 Å². The van der Waals surface area contributed by atoms with Gasteiger partial charge in [-0.25, -0.2) is 4.39 Å². The quantitative estimate of drug-likeness (QED) is 0.888. The largest absolute Gasteiger partial charge is 0.369 e. The van der Waals surface area contributed by atoms with Crippen molar-refractivity contribution < 1.29 is 14.0 Å². The molecule has 1 saturated heterocycles. The van der Waals surface area contributed by atoms with Crippen molar-refractivity contribution in [1.82, 2.24) is 4.90 Å². The van der Waals surface area contributed by atoms with E-state index in [0.717, 1.165) is 12.8 Å². The summed E-state index contributed by atoms with van der Waals surface area (Å²) in [5.74, 6) is -1.05. The summed E-state index contributed by atoms with van der Waals surface area (Å²) >= 11 is 0. The van der Waals surface area contributed by atoms with Crippen LogP contribution in [0.1, 0.15) is 18.4 Å². The number of primary amides is 1. The van der Waals surface area contributed by atoms with Crippen molar-refractivity contribution in [2.75, 3.05) is 13.1 Å². The molecule has 1 fully saturated rings. The molecular formula is C14H17FN2O2. The predicted octanol–water partition coefficient (Wildman–Crippen LogP) is 1.09. The maximum atomic E-state index is 13.0. The molecule has 1 unspecified atom stereocenters. The first-order valence-corrected chi connectivity index (χ1v) is 6.38. The van der Waals surface area contributed by atoms with Gasteiger partial charge in [-0.05, 0) is 30.5 Å². The number of carbonyl (C=O) groups excluding carboxylic acids is 2. The Morgan fingerprint density at radius 3 is 2.89 bits per heavy atom. The second kappa shape index (κ2) is 5.82. The number of piperidine rings is 1. The van der Waals surface area contributed by atoms with Crippen LogP contribution in [0.15, 0.2) is 24.3 Å². The van der Waals surface area contributed by atoms with Crippen LogP contribution in [-0.4, -0.2) is 29.8 Å². The molecule has 0 saturated carbocycles. The van der Waals surface area contributed by atoms with E-state index >= 15 is 0 Å². The van der Waals surface area contributed by atoms with Gasteiger partial charge in [-0.2, -0.15) is 0 Å². The van der Waals surface area contributed by atoms with Crippen molar-refractivity contribution >= 4 is 11.8 Å². The minimum absolute atomic E-state index is 0.0865. The highest BCUT2D eigenvalue weighted by Gasteiger charge is 2.26. The smallest absolute Gasteiger partial charge is 0.227 e. The first kappa shape index (κ1) is 13.5. The number of likely N-dealkylation sites (tertiary alicyclic amines) is 1. The summed E-state index contributed by atoms with van der Waals surface area (Å²) in [5, 5.41) is 0. The summed E-state index contributed by atoms with van der Waals surface area (Å²) in [7, 11) is 0. The van der Waals surface area contributed by atoms with Gasteiger partial charge in [0, 0.05) is 13.1 Å². The monoisotopic (exact) mass is 264 g/mol. The van der Waals surface area contributed by atoms with Crippen molar-refractivity contribution in [2.45, 2.75) is 19.3 Å². The average molecular weight is 264 g/mol. The Morgan fingerprint density at radius 1 is 1.42 bits per heavy atom. The van der Waals surface area contributed by atoms with Gasteiger partial charge in [0.15, 0.2) is 0 Å². The van der Waals surface area contributed by atoms with Crippen molar-refractivity contribution in [3.05, 3.63) is 35.6 Å². The van der Waals surface area contributed by atoms with E-state index in [0.29, 0.717) is 18.7 Å². The summed E-state index contributed by atoms with van der Waals surface area (Å²) in [6.07, 6.45) is 1.67. The first-order chi connectivity index (χ1) is 9.06. The number of nitrogens with zero attached hydrogens (tertiary/aromatic N) is 1. The van der Waals surface area contributed by atoms with E-state index in [9.17, 15) is 14.0 Å². The zero-order chi connectivity index (χ0) is 13.8. The Hall–Kier alpha value is -1.91. The second-order valence-electron chi connectivity index (χ2n) is 4.89. The number of carbonyl (C=O) groups is 2.